The Morgan fingerprint density at radius 3 is 2.74 bits per heavy atom. The first kappa shape index (κ1) is 20.9. The Balaban J connectivity index is 0. The van der Waals surface area contributed by atoms with Crippen LogP contribution in [0, 0.1) is 6.92 Å². The number of carbonyl (C=O) groups excluding carboxylic acids is 1. The van der Waals surface area contributed by atoms with Crippen molar-refractivity contribution in [2.75, 3.05) is 33.9 Å². The van der Waals surface area contributed by atoms with Crippen LogP contribution in [-0.2, 0) is 16.1 Å². The molecule has 1 aromatic rings. The predicted molar refractivity (Wildman–Crippen MR) is 82.6 cm³/mol. The average molecular weight is 330 g/mol. The molecule has 8 heteroatoms. The Labute approximate surface area is 130 Å². The van der Waals surface area contributed by atoms with Gasteiger partial charge in [-0.15, -0.1) is 36.2 Å². The predicted octanol–water partition coefficient (Wildman–Crippen LogP) is 1.49. The van der Waals surface area contributed by atoms with Gasteiger partial charge in [-0.1, -0.05) is 0 Å². The van der Waals surface area contributed by atoms with Crippen LogP contribution < -0.4 is 5.32 Å². The second-order valence-corrected chi connectivity index (χ2v) is 4.84. The molecule has 1 aromatic heterocycles. The number of hydrogen-bond acceptors (Lipinski definition) is 5. The topological polar surface area (TPSA) is 54.5 Å². The fourth-order valence-electron chi connectivity index (χ4n) is 1.32. The second-order valence-electron chi connectivity index (χ2n) is 3.78. The molecule has 19 heavy (non-hydrogen) atoms. The number of aryl methyl sites for hydroxylation is 1. The van der Waals surface area contributed by atoms with Gasteiger partial charge in [-0.2, -0.15) is 0 Å². The van der Waals surface area contributed by atoms with Gasteiger partial charge in [-0.05, 0) is 6.92 Å². The number of hydrogen-bond donors (Lipinski definition) is 1. The molecule has 0 aliphatic carbocycles. The van der Waals surface area contributed by atoms with Crippen LogP contribution in [0.3, 0.4) is 0 Å². The molecule has 0 spiro atoms. The molecule has 1 N–H and O–H groups in total. The van der Waals surface area contributed by atoms with Crippen LogP contribution in [0.1, 0.15) is 10.7 Å². The quantitative estimate of drug-likeness (QED) is 0.770. The zero-order valence-electron chi connectivity index (χ0n) is 11.3. The second kappa shape index (κ2) is 11.4. The molecule has 0 bridgehead atoms. The molecule has 0 fully saturated rings. The summed E-state index contributed by atoms with van der Waals surface area (Å²) in [5, 5.41) is 6.03. The van der Waals surface area contributed by atoms with Gasteiger partial charge in [0, 0.05) is 26.1 Å². The first-order valence-corrected chi connectivity index (χ1v) is 6.36. The van der Waals surface area contributed by atoms with E-state index >= 15 is 0 Å². The summed E-state index contributed by atoms with van der Waals surface area (Å²) in [7, 11) is 3.43. The summed E-state index contributed by atoms with van der Waals surface area (Å²) in [6.07, 6.45) is 0. The number of thiazole rings is 1. The monoisotopic (exact) mass is 329 g/mol. The average Bonchev–Trinajstić information content (AvgIpc) is 2.70. The van der Waals surface area contributed by atoms with Crippen molar-refractivity contribution in [2.24, 2.45) is 0 Å². The Hall–Kier alpha value is -0.400. The normalized spacial score (nSPS) is 9.42. The standard InChI is InChI=1S/C11H19N3O2S.2ClH/c1-9-13-10(8-17-9)7-14(2)11(15)6-12-4-5-16-3;;/h8,12H,4-7H2,1-3H3;2*1H. The number of halogens is 2. The number of likely N-dealkylation sites (N-methyl/N-ethyl adjacent to an activating group) is 1. The maximum atomic E-state index is 11.7. The molecule has 0 radical (unpaired) electrons. The lowest BCUT2D eigenvalue weighted by molar-refractivity contribution is -0.129. The molecule has 0 aliphatic rings. The molecule has 112 valence electrons. The minimum Gasteiger partial charge on any atom is -0.383 e. The number of methoxy groups -OCH3 is 1. The largest absolute Gasteiger partial charge is 0.383 e. The van der Waals surface area contributed by atoms with Crippen molar-refractivity contribution in [1.82, 2.24) is 15.2 Å². The number of amides is 1. The summed E-state index contributed by atoms with van der Waals surface area (Å²) in [5.74, 6) is 0.0618. The van der Waals surface area contributed by atoms with Crippen LogP contribution in [0.25, 0.3) is 0 Å². The lowest BCUT2D eigenvalue weighted by Gasteiger charge is -2.16. The van der Waals surface area contributed by atoms with Gasteiger partial charge >= 0.3 is 0 Å². The van der Waals surface area contributed by atoms with E-state index in [1.807, 2.05) is 12.3 Å². The fraction of sp³-hybridized carbons (Fsp3) is 0.636. The third-order valence-corrected chi connectivity index (χ3v) is 3.07. The molecule has 0 unspecified atom stereocenters. The molecular formula is C11H21Cl2N3O2S. The van der Waals surface area contributed by atoms with Crippen LogP contribution >= 0.6 is 36.2 Å². The molecule has 0 atom stereocenters. The number of carbonyl (C=O) groups is 1. The molecule has 1 rings (SSSR count). The first-order chi connectivity index (χ1) is 8.13. The first-order valence-electron chi connectivity index (χ1n) is 5.48. The van der Waals surface area contributed by atoms with E-state index in [9.17, 15) is 4.79 Å². The molecule has 1 heterocycles. The molecule has 1 amide bonds. The lowest BCUT2D eigenvalue weighted by Crippen LogP contribution is -2.36. The highest BCUT2D eigenvalue weighted by Crippen LogP contribution is 2.09. The number of ether oxygens (including phenoxy) is 1. The summed E-state index contributed by atoms with van der Waals surface area (Å²) in [6.45, 7) is 4.16. The van der Waals surface area contributed by atoms with E-state index in [1.54, 1.807) is 30.4 Å². The van der Waals surface area contributed by atoms with Crippen molar-refractivity contribution in [3.63, 3.8) is 0 Å². The Morgan fingerprint density at radius 2 is 2.21 bits per heavy atom. The van der Waals surface area contributed by atoms with Gasteiger partial charge in [-0.25, -0.2) is 4.98 Å². The third kappa shape index (κ3) is 8.39. The van der Waals surface area contributed by atoms with Crippen LogP contribution in [0.4, 0.5) is 0 Å². The van der Waals surface area contributed by atoms with Gasteiger partial charge in [0.25, 0.3) is 0 Å². The number of rotatable bonds is 7. The van der Waals surface area contributed by atoms with Crippen molar-refractivity contribution in [2.45, 2.75) is 13.5 Å². The Morgan fingerprint density at radius 1 is 1.53 bits per heavy atom. The van der Waals surface area contributed by atoms with Gasteiger partial charge < -0.3 is 15.0 Å². The minimum atomic E-state index is 0. The Kier molecular flexibility index (Phi) is 12.6. The number of nitrogens with zero attached hydrogens (tertiary/aromatic N) is 2. The summed E-state index contributed by atoms with van der Waals surface area (Å²) < 4.78 is 4.89. The summed E-state index contributed by atoms with van der Waals surface area (Å²) >= 11 is 1.60. The Bertz CT molecular complexity index is 363. The van der Waals surface area contributed by atoms with Crippen molar-refractivity contribution in [3.05, 3.63) is 16.1 Å². The number of aromatic nitrogens is 1. The van der Waals surface area contributed by atoms with Gasteiger partial charge in [0.05, 0.1) is 30.4 Å². The molecule has 0 aliphatic heterocycles. The maximum absolute atomic E-state index is 11.7. The van der Waals surface area contributed by atoms with E-state index in [1.165, 1.54) is 0 Å². The van der Waals surface area contributed by atoms with E-state index in [0.29, 0.717) is 26.2 Å². The van der Waals surface area contributed by atoms with Gasteiger partial charge in [0.15, 0.2) is 0 Å². The van der Waals surface area contributed by atoms with E-state index < -0.39 is 0 Å². The van der Waals surface area contributed by atoms with Gasteiger partial charge in [0.2, 0.25) is 5.91 Å². The lowest BCUT2D eigenvalue weighted by atomic mass is 10.4. The minimum absolute atomic E-state index is 0. The zero-order valence-corrected chi connectivity index (χ0v) is 13.8. The summed E-state index contributed by atoms with van der Waals surface area (Å²) in [4.78, 5) is 17.7. The summed E-state index contributed by atoms with van der Waals surface area (Å²) in [6, 6.07) is 0. The summed E-state index contributed by atoms with van der Waals surface area (Å²) in [5.41, 5.74) is 0.945. The third-order valence-electron chi connectivity index (χ3n) is 2.25. The fourth-order valence-corrected chi connectivity index (χ4v) is 1.92. The van der Waals surface area contributed by atoms with Crippen molar-refractivity contribution >= 4 is 42.1 Å². The van der Waals surface area contributed by atoms with Crippen molar-refractivity contribution < 1.29 is 9.53 Å². The SMILES string of the molecule is COCCNCC(=O)N(C)Cc1csc(C)n1.Cl.Cl. The van der Waals surface area contributed by atoms with E-state index in [0.717, 1.165) is 10.7 Å². The van der Waals surface area contributed by atoms with Gasteiger partial charge in [-0.3, -0.25) is 4.79 Å². The highest BCUT2D eigenvalue weighted by molar-refractivity contribution is 7.09. The van der Waals surface area contributed by atoms with Crippen LogP contribution in [0.5, 0.6) is 0 Å². The van der Waals surface area contributed by atoms with Crippen LogP contribution in [-0.4, -0.2) is 49.6 Å². The van der Waals surface area contributed by atoms with Crippen molar-refractivity contribution in [1.29, 1.82) is 0 Å². The molecular weight excluding hydrogens is 309 g/mol. The van der Waals surface area contributed by atoms with Gasteiger partial charge in [0.1, 0.15) is 0 Å². The maximum Gasteiger partial charge on any atom is 0.236 e. The highest BCUT2D eigenvalue weighted by Gasteiger charge is 2.09. The van der Waals surface area contributed by atoms with E-state index in [2.05, 4.69) is 10.3 Å². The van der Waals surface area contributed by atoms with E-state index in [-0.39, 0.29) is 30.7 Å². The number of nitrogens with one attached hydrogen (secondary N) is 1. The molecule has 5 nitrogen and oxygen atoms in total. The molecule has 0 saturated carbocycles. The highest BCUT2D eigenvalue weighted by atomic mass is 35.5. The van der Waals surface area contributed by atoms with Crippen LogP contribution in [0.2, 0.25) is 0 Å². The van der Waals surface area contributed by atoms with E-state index in [4.69, 9.17) is 4.74 Å². The zero-order chi connectivity index (χ0) is 12.7. The molecule has 0 aromatic carbocycles. The molecule has 0 saturated heterocycles. The smallest absolute Gasteiger partial charge is 0.236 e. The van der Waals surface area contributed by atoms with Crippen molar-refractivity contribution in [3.8, 4) is 0 Å². The van der Waals surface area contributed by atoms with Crippen LogP contribution in [0.15, 0.2) is 5.38 Å².